The van der Waals surface area contributed by atoms with Crippen molar-refractivity contribution in [1.82, 2.24) is 0 Å². The Labute approximate surface area is 166 Å². The molecule has 2 amide bonds. The van der Waals surface area contributed by atoms with Crippen molar-refractivity contribution in [3.05, 3.63) is 58.6 Å². The Kier molecular flexibility index (Phi) is 6.59. The smallest absolute Gasteiger partial charge is 0.255 e. The number of ether oxygens (including phenoxy) is 1. The number of halogens is 3. The minimum atomic E-state index is -0.672. The summed E-state index contributed by atoms with van der Waals surface area (Å²) < 4.78 is 32.4. The Bertz CT molecular complexity index is 886. The van der Waals surface area contributed by atoms with Gasteiger partial charge in [0.1, 0.15) is 11.6 Å². The molecule has 1 fully saturated rings. The lowest BCUT2D eigenvalue weighted by molar-refractivity contribution is -0.118. The van der Waals surface area contributed by atoms with Gasteiger partial charge in [0.05, 0.1) is 10.7 Å². The third-order valence-corrected chi connectivity index (χ3v) is 4.66. The molecule has 5 nitrogen and oxygen atoms in total. The van der Waals surface area contributed by atoms with Crippen molar-refractivity contribution in [3.63, 3.8) is 0 Å². The normalized spacial score (nSPS) is 16.5. The number of carbonyl (C=O) groups is 2. The monoisotopic (exact) mass is 408 g/mol. The molecule has 1 atom stereocenters. The van der Waals surface area contributed by atoms with Gasteiger partial charge in [-0.3, -0.25) is 9.59 Å². The van der Waals surface area contributed by atoms with Crippen LogP contribution in [0.3, 0.4) is 0 Å². The third kappa shape index (κ3) is 5.50. The summed E-state index contributed by atoms with van der Waals surface area (Å²) in [6.07, 6.45) is 2.08. The maximum absolute atomic E-state index is 13.9. The summed E-state index contributed by atoms with van der Waals surface area (Å²) in [7, 11) is 0. The molecule has 1 aliphatic heterocycles. The van der Waals surface area contributed by atoms with Crippen molar-refractivity contribution in [2.45, 2.75) is 19.3 Å². The van der Waals surface area contributed by atoms with Crippen LogP contribution < -0.4 is 10.6 Å². The van der Waals surface area contributed by atoms with E-state index in [0.29, 0.717) is 13.2 Å². The predicted octanol–water partition coefficient (Wildman–Crippen LogP) is 4.63. The molecule has 148 valence electrons. The van der Waals surface area contributed by atoms with E-state index in [0.717, 1.165) is 37.1 Å². The van der Waals surface area contributed by atoms with Crippen LogP contribution in [0.1, 0.15) is 29.6 Å². The first-order valence-corrected chi connectivity index (χ1v) is 9.23. The summed E-state index contributed by atoms with van der Waals surface area (Å²) in [6, 6.07) is 7.06. The van der Waals surface area contributed by atoms with Crippen molar-refractivity contribution in [1.29, 1.82) is 0 Å². The fourth-order valence-corrected chi connectivity index (χ4v) is 3.24. The molecule has 2 aromatic carbocycles. The number of benzene rings is 2. The first kappa shape index (κ1) is 20.2. The number of carbonyl (C=O) groups excluding carboxylic acids is 2. The SMILES string of the molecule is O=C(CC1CCCOC1)Nc1cc(F)cc(C(=O)Nc2ccc(F)cc2Cl)c1. The highest BCUT2D eigenvalue weighted by atomic mass is 35.5. The van der Waals surface area contributed by atoms with Gasteiger partial charge in [0.15, 0.2) is 0 Å². The van der Waals surface area contributed by atoms with Gasteiger partial charge in [-0.25, -0.2) is 8.78 Å². The van der Waals surface area contributed by atoms with Crippen LogP contribution in [0.4, 0.5) is 20.2 Å². The summed E-state index contributed by atoms with van der Waals surface area (Å²) in [4.78, 5) is 24.6. The van der Waals surface area contributed by atoms with Crippen molar-refractivity contribution < 1.29 is 23.1 Å². The van der Waals surface area contributed by atoms with E-state index in [4.69, 9.17) is 16.3 Å². The zero-order chi connectivity index (χ0) is 20.1. The van der Waals surface area contributed by atoms with Crippen LogP contribution in [0.2, 0.25) is 5.02 Å². The third-order valence-electron chi connectivity index (χ3n) is 4.35. The summed E-state index contributed by atoms with van der Waals surface area (Å²) in [6.45, 7) is 1.24. The number of anilines is 2. The molecule has 1 aliphatic rings. The van der Waals surface area contributed by atoms with Crippen LogP contribution >= 0.6 is 11.6 Å². The summed E-state index contributed by atoms with van der Waals surface area (Å²) in [5.74, 6) is -1.99. The lowest BCUT2D eigenvalue weighted by Gasteiger charge is -2.21. The van der Waals surface area contributed by atoms with Crippen LogP contribution in [0.15, 0.2) is 36.4 Å². The minimum Gasteiger partial charge on any atom is -0.381 e. The van der Waals surface area contributed by atoms with Gasteiger partial charge in [0.2, 0.25) is 5.91 Å². The molecule has 0 bridgehead atoms. The van der Waals surface area contributed by atoms with Crippen LogP contribution in [0.25, 0.3) is 0 Å². The second kappa shape index (κ2) is 9.12. The van der Waals surface area contributed by atoms with E-state index < -0.39 is 17.5 Å². The number of hydrogen-bond donors (Lipinski definition) is 2. The molecule has 1 saturated heterocycles. The molecule has 1 unspecified atom stereocenters. The van der Waals surface area contributed by atoms with E-state index in [1.807, 2.05) is 0 Å². The Morgan fingerprint density at radius 2 is 1.93 bits per heavy atom. The van der Waals surface area contributed by atoms with Gasteiger partial charge in [0.25, 0.3) is 5.91 Å². The molecule has 8 heteroatoms. The van der Waals surface area contributed by atoms with Crippen molar-refractivity contribution in [2.24, 2.45) is 5.92 Å². The van der Waals surface area contributed by atoms with Crippen LogP contribution in [0, 0.1) is 17.6 Å². The van der Waals surface area contributed by atoms with E-state index in [1.54, 1.807) is 0 Å². The van der Waals surface area contributed by atoms with Gasteiger partial charge in [-0.1, -0.05) is 11.6 Å². The van der Waals surface area contributed by atoms with Gasteiger partial charge >= 0.3 is 0 Å². The lowest BCUT2D eigenvalue weighted by Crippen LogP contribution is -2.23. The first-order valence-electron chi connectivity index (χ1n) is 8.85. The van der Waals surface area contributed by atoms with Crippen LogP contribution in [-0.4, -0.2) is 25.0 Å². The van der Waals surface area contributed by atoms with E-state index in [9.17, 15) is 18.4 Å². The Hall–Kier alpha value is -2.51. The predicted molar refractivity (Wildman–Crippen MR) is 103 cm³/mol. The average molecular weight is 409 g/mol. The highest BCUT2D eigenvalue weighted by molar-refractivity contribution is 6.33. The van der Waals surface area contributed by atoms with Crippen LogP contribution in [0.5, 0.6) is 0 Å². The topological polar surface area (TPSA) is 67.4 Å². The first-order chi connectivity index (χ1) is 13.4. The molecule has 0 aromatic heterocycles. The van der Waals surface area contributed by atoms with Crippen molar-refractivity contribution in [2.75, 3.05) is 23.8 Å². The van der Waals surface area contributed by atoms with Crippen molar-refractivity contribution >= 4 is 34.8 Å². The van der Waals surface area contributed by atoms with Gasteiger partial charge in [0, 0.05) is 30.9 Å². The second-order valence-corrected chi connectivity index (χ2v) is 7.05. The number of hydrogen-bond acceptors (Lipinski definition) is 3. The van der Waals surface area contributed by atoms with E-state index in [1.165, 1.54) is 12.1 Å². The van der Waals surface area contributed by atoms with Crippen molar-refractivity contribution in [3.8, 4) is 0 Å². The number of nitrogens with one attached hydrogen (secondary N) is 2. The number of rotatable bonds is 5. The quantitative estimate of drug-likeness (QED) is 0.758. The molecule has 2 aromatic rings. The molecule has 0 aliphatic carbocycles. The molecule has 2 N–H and O–H groups in total. The van der Waals surface area contributed by atoms with E-state index in [2.05, 4.69) is 10.6 Å². The number of amides is 2. The molecular formula is C20H19ClF2N2O3. The molecule has 3 rings (SSSR count). The van der Waals surface area contributed by atoms with Gasteiger partial charge in [-0.2, -0.15) is 0 Å². The molecular weight excluding hydrogens is 390 g/mol. The summed E-state index contributed by atoms with van der Waals surface area (Å²) >= 11 is 5.89. The molecule has 0 radical (unpaired) electrons. The fraction of sp³-hybridized carbons (Fsp3) is 0.300. The standard InChI is InChI=1S/C20H19ClF2N2O3/c21-17-10-14(22)3-4-18(17)25-20(27)13-7-15(23)9-16(8-13)24-19(26)6-12-2-1-5-28-11-12/h3-4,7-10,12H,1-2,5-6,11H2,(H,24,26)(H,25,27). The Balaban J connectivity index is 1.68. The molecule has 0 spiro atoms. The van der Waals surface area contributed by atoms with Crippen LogP contribution in [-0.2, 0) is 9.53 Å². The lowest BCUT2D eigenvalue weighted by atomic mass is 9.98. The second-order valence-electron chi connectivity index (χ2n) is 6.64. The zero-order valence-electron chi connectivity index (χ0n) is 14.9. The molecule has 28 heavy (non-hydrogen) atoms. The average Bonchev–Trinajstić information content (AvgIpc) is 2.64. The summed E-state index contributed by atoms with van der Waals surface area (Å²) in [5, 5.41) is 5.13. The maximum atomic E-state index is 13.9. The zero-order valence-corrected chi connectivity index (χ0v) is 15.7. The molecule has 1 heterocycles. The highest BCUT2D eigenvalue weighted by Gasteiger charge is 2.18. The van der Waals surface area contributed by atoms with E-state index >= 15 is 0 Å². The Morgan fingerprint density at radius 1 is 1.11 bits per heavy atom. The van der Waals surface area contributed by atoms with Gasteiger partial charge in [-0.05, 0) is 55.2 Å². The fourth-order valence-electron chi connectivity index (χ4n) is 3.02. The van der Waals surface area contributed by atoms with Gasteiger partial charge in [-0.15, -0.1) is 0 Å². The maximum Gasteiger partial charge on any atom is 0.255 e. The minimum absolute atomic E-state index is 0.00306. The highest BCUT2D eigenvalue weighted by Crippen LogP contribution is 2.24. The van der Waals surface area contributed by atoms with Gasteiger partial charge < -0.3 is 15.4 Å². The Morgan fingerprint density at radius 3 is 2.64 bits per heavy atom. The largest absolute Gasteiger partial charge is 0.381 e. The molecule has 0 saturated carbocycles. The van der Waals surface area contributed by atoms with E-state index in [-0.39, 0.29) is 40.2 Å². The summed E-state index contributed by atoms with van der Waals surface area (Å²) in [5.41, 5.74) is 0.369.